The molecule has 4 rings (SSSR count). The van der Waals surface area contributed by atoms with Gasteiger partial charge in [0.1, 0.15) is 16.7 Å². The van der Waals surface area contributed by atoms with Crippen molar-refractivity contribution in [3.05, 3.63) is 70.8 Å². The van der Waals surface area contributed by atoms with Gasteiger partial charge in [-0.15, -0.1) is 0 Å². The molecule has 1 N–H and O–H groups in total. The average Bonchev–Trinajstić information content (AvgIpc) is 3.27. The van der Waals surface area contributed by atoms with Crippen molar-refractivity contribution in [2.45, 2.75) is 32.7 Å². The summed E-state index contributed by atoms with van der Waals surface area (Å²) in [6.07, 6.45) is 5.07. The van der Waals surface area contributed by atoms with Crippen molar-refractivity contribution in [2.75, 3.05) is 6.61 Å². The lowest BCUT2D eigenvalue weighted by Gasteiger charge is -2.16. The van der Waals surface area contributed by atoms with Gasteiger partial charge in [-0.05, 0) is 36.1 Å². The molecule has 1 aromatic heterocycles. The summed E-state index contributed by atoms with van der Waals surface area (Å²) in [7, 11) is 0. The lowest BCUT2D eigenvalue weighted by Crippen LogP contribution is -2.17. The highest BCUT2D eigenvalue weighted by molar-refractivity contribution is 8.26. The number of aromatic nitrogens is 1. The zero-order valence-electron chi connectivity index (χ0n) is 17.1. The highest BCUT2D eigenvalue weighted by Gasteiger charge is 2.22. The Morgan fingerprint density at radius 1 is 1.20 bits per heavy atom. The van der Waals surface area contributed by atoms with Gasteiger partial charge in [0.15, 0.2) is 0 Å². The second kappa shape index (κ2) is 9.06. The summed E-state index contributed by atoms with van der Waals surface area (Å²) in [5.74, 6) is 1.29. The average molecular weight is 437 g/mol. The smallest absolute Gasteiger partial charge is 0.263 e. The second-order valence-electron chi connectivity index (χ2n) is 7.34. The Morgan fingerprint density at radius 3 is 2.73 bits per heavy atom. The molecule has 4 nitrogen and oxygen atoms in total. The number of carbonyl (C=O) groups excluding carboxylic acids is 1. The first-order chi connectivity index (χ1) is 14.6. The Labute approximate surface area is 186 Å². The number of para-hydroxylation sites is 2. The quantitative estimate of drug-likeness (QED) is 0.380. The fourth-order valence-corrected chi connectivity index (χ4v) is 4.67. The summed E-state index contributed by atoms with van der Waals surface area (Å²) in [5, 5.41) is 3.78. The maximum Gasteiger partial charge on any atom is 0.263 e. The van der Waals surface area contributed by atoms with Crippen LogP contribution in [0.2, 0.25) is 0 Å². The lowest BCUT2D eigenvalue weighted by atomic mass is 9.98. The van der Waals surface area contributed by atoms with Crippen LogP contribution in [0.5, 0.6) is 5.75 Å². The first-order valence-corrected chi connectivity index (χ1v) is 11.3. The van der Waals surface area contributed by atoms with Crippen molar-refractivity contribution in [1.29, 1.82) is 0 Å². The number of benzene rings is 2. The number of thioether (sulfide) groups is 1. The molecule has 0 bridgehead atoms. The summed E-state index contributed by atoms with van der Waals surface area (Å²) < 4.78 is 8.85. The Kier molecular flexibility index (Phi) is 6.25. The maximum atomic E-state index is 12.1. The van der Waals surface area contributed by atoms with E-state index in [4.69, 9.17) is 17.0 Å². The van der Waals surface area contributed by atoms with E-state index < -0.39 is 0 Å². The van der Waals surface area contributed by atoms with Crippen LogP contribution in [-0.2, 0) is 11.3 Å². The Morgan fingerprint density at radius 2 is 1.97 bits per heavy atom. The summed E-state index contributed by atoms with van der Waals surface area (Å²) >= 11 is 6.41. The SMILES string of the molecule is CCC(C)c1ccccc1OCCn1cc(/C=C2/SC(=S)NC2=O)c2ccccc21. The number of rotatable bonds is 7. The fraction of sp³-hybridized carbons (Fsp3) is 0.250. The first kappa shape index (κ1) is 20.7. The molecule has 3 aromatic rings. The van der Waals surface area contributed by atoms with Gasteiger partial charge in [-0.3, -0.25) is 4.79 Å². The second-order valence-corrected chi connectivity index (χ2v) is 9.06. The molecule has 154 valence electrons. The maximum absolute atomic E-state index is 12.1. The lowest BCUT2D eigenvalue weighted by molar-refractivity contribution is -0.115. The summed E-state index contributed by atoms with van der Waals surface area (Å²) in [4.78, 5) is 12.7. The Bertz CT molecular complexity index is 1130. The molecule has 30 heavy (non-hydrogen) atoms. The summed E-state index contributed by atoms with van der Waals surface area (Å²) in [6, 6.07) is 16.5. The molecule has 6 heteroatoms. The number of hydrogen-bond donors (Lipinski definition) is 1. The zero-order valence-corrected chi connectivity index (χ0v) is 18.7. The third-order valence-electron chi connectivity index (χ3n) is 5.40. The first-order valence-electron chi connectivity index (χ1n) is 10.1. The topological polar surface area (TPSA) is 43.3 Å². The van der Waals surface area contributed by atoms with Crippen molar-refractivity contribution in [2.24, 2.45) is 0 Å². The molecule has 1 aliphatic heterocycles. The van der Waals surface area contributed by atoms with Crippen LogP contribution in [0.15, 0.2) is 59.6 Å². The third-order valence-corrected chi connectivity index (χ3v) is 6.56. The largest absolute Gasteiger partial charge is 0.491 e. The van der Waals surface area contributed by atoms with Gasteiger partial charge in [-0.25, -0.2) is 0 Å². The van der Waals surface area contributed by atoms with Gasteiger partial charge in [0.05, 0.1) is 11.4 Å². The van der Waals surface area contributed by atoms with Crippen LogP contribution in [0.3, 0.4) is 0 Å². The molecule has 1 saturated heterocycles. The third kappa shape index (κ3) is 4.30. The van der Waals surface area contributed by atoms with Crippen LogP contribution in [0.4, 0.5) is 0 Å². The molecule has 0 aliphatic carbocycles. The zero-order chi connectivity index (χ0) is 21.1. The highest BCUT2D eigenvalue weighted by Crippen LogP contribution is 2.31. The minimum atomic E-state index is -0.133. The fourth-order valence-electron chi connectivity index (χ4n) is 3.63. The number of thiocarbonyl (C=S) groups is 1. The molecule has 0 spiro atoms. The predicted molar refractivity (Wildman–Crippen MR) is 129 cm³/mol. The molecule has 1 amide bonds. The van der Waals surface area contributed by atoms with Gasteiger partial charge in [-0.2, -0.15) is 0 Å². The number of nitrogens with zero attached hydrogens (tertiary/aromatic N) is 1. The number of hydrogen-bond acceptors (Lipinski definition) is 4. The molecule has 1 fully saturated rings. The minimum Gasteiger partial charge on any atom is -0.491 e. The monoisotopic (exact) mass is 436 g/mol. The molecular formula is C24H24N2O2S2. The predicted octanol–water partition coefficient (Wildman–Crippen LogP) is 5.72. The van der Waals surface area contributed by atoms with Gasteiger partial charge in [0, 0.05) is 22.7 Å². The van der Waals surface area contributed by atoms with Gasteiger partial charge in [0.2, 0.25) is 0 Å². The molecule has 1 unspecified atom stereocenters. The molecule has 2 heterocycles. The van der Waals surface area contributed by atoms with Crippen molar-refractivity contribution in [3.63, 3.8) is 0 Å². The van der Waals surface area contributed by atoms with E-state index in [1.807, 2.05) is 30.3 Å². The van der Waals surface area contributed by atoms with E-state index in [2.05, 4.69) is 54.2 Å². The Balaban J connectivity index is 1.56. The van der Waals surface area contributed by atoms with E-state index in [-0.39, 0.29) is 5.91 Å². The highest BCUT2D eigenvalue weighted by atomic mass is 32.2. The number of carbonyl (C=O) groups is 1. The summed E-state index contributed by atoms with van der Waals surface area (Å²) in [6.45, 7) is 5.71. The van der Waals surface area contributed by atoms with Crippen LogP contribution in [0.1, 0.15) is 37.3 Å². The minimum absolute atomic E-state index is 0.133. The van der Waals surface area contributed by atoms with Crippen molar-refractivity contribution < 1.29 is 9.53 Å². The molecule has 0 radical (unpaired) electrons. The standard InChI is InChI=1S/C24H24N2O2S2/c1-3-16(2)18-8-5-7-11-21(18)28-13-12-26-15-17(19-9-4-6-10-20(19)26)14-22-23(27)25-24(29)30-22/h4-11,14-16H,3,12-13H2,1-2H3,(H,25,27,29)/b22-14+. The van der Waals surface area contributed by atoms with E-state index in [1.54, 1.807) is 0 Å². The number of nitrogens with one attached hydrogen (secondary N) is 1. The van der Waals surface area contributed by atoms with Crippen LogP contribution >= 0.6 is 24.0 Å². The van der Waals surface area contributed by atoms with Gasteiger partial charge in [-0.1, -0.05) is 74.2 Å². The molecule has 1 aliphatic rings. The van der Waals surface area contributed by atoms with Crippen molar-refractivity contribution in [1.82, 2.24) is 9.88 Å². The molecular weight excluding hydrogens is 412 g/mol. The van der Waals surface area contributed by atoms with Gasteiger partial charge < -0.3 is 14.6 Å². The Hall–Kier alpha value is -2.57. The number of fused-ring (bicyclic) bond motifs is 1. The normalized spacial score (nSPS) is 16.3. The number of ether oxygens (including phenoxy) is 1. The van der Waals surface area contributed by atoms with E-state index in [0.29, 0.717) is 21.8 Å². The van der Waals surface area contributed by atoms with Crippen LogP contribution in [0, 0.1) is 0 Å². The molecule has 0 saturated carbocycles. The van der Waals surface area contributed by atoms with Gasteiger partial charge in [0.25, 0.3) is 5.91 Å². The van der Waals surface area contributed by atoms with E-state index >= 15 is 0 Å². The van der Waals surface area contributed by atoms with E-state index in [0.717, 1.165) is 35.2 Å². The van der Waals surface area contributed by atoms with E-state index in [1.165, 1.54) is 17.3 Å². The van der Waals surface area contributed by atoms with Crippen molar-refractivity contribution >= 4 is 51.2 Å². The van der Waals surface area contributed by atoms with Crippen LogP contribution in [-0.4, -0.2) is 21.4 Å². The van der Waals surface area contributed by atoms with E-state index in [9.17, 15) is 4.79 Å². The summed E-state index contributed by atoms with van der Waals surface area (Å²) in [5.41, 5.74) is 3.38. The van der Waals surface area contributed by atoms with Crippen molar-refractivity contribution in [3.8, 4) is 5.75 Å². The van der Waals surface area contributed by atoms with Crippen LogP contribution < -0.4 is 10.1 Å². The van der Waals surface area contributed by atoms with Crippen LogP contribution in [0.25, 0.3) is 17.0 Å². The number of amides is 1. The molecule has 2 aromatic carbocycles. The molecule has 1 atom stereocenters. The van der Waals surface area contributed by atoms with Gasteiger partial charge >= 0.3 is 0 Å².